The summed E-state index contributed by atoms with van der Waals surface area (Å²) >= 11 is 12.0. The highest BCUT2D eigenvalue weighted by molar-refractivity contribution is 7.14. The van der Waals surface area contributed by atoms with Crippen LogP contribution in [0.4, 0.5) is 24.6 Å². The van der Waals surface area contributed by atoms with Gasteiger partial charge in [0.2, 0.25) is 23.6 Å². The Hall–Kier alpha value is -10.2. The maximum atomic E-state index is 14.7. The van der Waals surface area contributed by atoms with Crippen molar-refractivity contribution < 1.29 is 81.0 Å². The maximum Gasteiger partial charge on any atom is 0.408 e. The van der Waals surface area contributed by atoms with Crippen LogP contribution in [0.2, 0.25) is 0 Å². The van der Waals surface area contributed by atoms with Crippen molar-refractivity contribution in [1.82, 2.24) is 56.3 Å². The number of rotatable bonds is 25. The van der Waals surface area contributed by atoms with Gasteiger partial charge in [0.15, 0.2) is 10.3 Å². The first-order valence-corrected chi connectivity index (χ1v) is 41.2. The molecule has 10 atom stereocenters. The quantitative estimate of drug-likeness (QED) is 0.00920. The number of benzene rings is 2. The van der Waals surface area contributed by atoms with Crippen molar-refractivity contribution in [1.29, 1.82) is 0 Å². The number of fused-ring (bicyclic) bond motifs is 2. The smallest absolute Gasteiger partial charge is 0.408 e. The molecule has 6 fully saturated rings. The van der Waals surface area contributed by atoms with Crippen LogP contribution in [0.15, 0.2) is 89.8 Å². The first-order chi connectivity index (χ1) is 55.3. The summed E-state index contributed by atoms with van der Waals surface area (Å²) in [6.45, 7) is 22.9. The molecule has 12 rings (SSSR count). The number of likely N-dealkylation sites (tertiary alicyclic amines) is 2. The van der Waals surface area contributed by atoms with Crippen LogP contribution >= 0.6 is 45.9 Å². The van der Waals surface area contributed by atoms with Gasteiger partial charge in [0.05, 0.1) is 75.8 Å². The molecular weight excluding hydrogens is 1580 g/mol. The van der Waals surface area contributed by atoms with Crippen LogP contribution in [0.1, 0.15) is 132 Å². The SMILES string of the molecule is C=C[C@@H]1C[C@]1(NC(=O)[C@@H]1C[C@@H](Oc2cc(-c3csc(N)n3)nc3cc(OC)ccc23)CN1C(=O)[C@@H](NC(=O)OC1CCCC1)C(C)(C)C)C(=O)OC.C=C[C@@H]1C[C@]1(NC(=O)[C@@H]1C[C@@H](Oc2cc(-c3csc(NC(=O)NCC)n3)nc3cc(OC)ccc23)CN1C(=O)[C@@H](NC(=O)OC1CCCC1)C(C)(C)C)C(=O)OC.CCN=O.ClCCl. The molecule has 0 spiro atoms. The number of carbonyl (C=O) groups is 9. The molecule has 4 aliphatic carbocycles. The average Bonchev–Trinajstić information content (AvgIpc) is 1.59. The summed E-state index contributed by atoms with van der Waals surface area (Å²) in [5.41, 5.74) is 4.96. The number of methoxy groups -OCH3 is 4. The summed E-state index contributed by atoms with van der Waals surface area (Å²) in [7, 11) is 5.63. The van der Waals surface area contributed by atoms with Gasteiger partial charge in [-0.15, -0.1) is 59.0 Å². The number of esters is 2. The molecule has 6 aliphatic rings. The number of nitrogens with one attached hydrogen (secondary N) is 6. The minimum absolute atomic E-state index is 0.0118. The molecular formula is C80H104Cl2N14O18S2. The summed E-state index contributed by atoms with van der Waals surface area (Å²) < 4.78 is 45.7. The summed E-state index contributed by atoms with van der Waals surface area (Å²) in [4.78, 5) is 152. The molecule has 36 heteroatoms. The minimum atomic E-state index is -1.30. The van der Waals surface area contributed by atoms with E-state index in [0.29, 0.717) is 104 Å². The van der Waals surface area contributed by atoms with E-state index in [1.807, 2.05) is 60.6 Å². The number of hydrogen-bond donors (Lipinski definition) is 7. The number of pyridine rings is 2. The Balaban J connectivity index is 0.000000246. The van der Waals surface area contributed by atoms with Crippen LogP contribution in [0.3, 0.4) is 0 Å². The van der Waals surface area contributed by atoms with E-state index in [-0.39, 0.29) is 61.3 Å². The number of amides is 8. The van der Waals surface area contributed by atoms with Crippen molar-refractivity contribution in [2.45, 2.75) is 192 Å². The van der Waals surface area contributed by atoms with Crippen LogP contribution in [0.25, 0.3) is 44.6 Å². The molecule has 0 radical (unpaired) electrons. The van der Waals surface area contributed by atoms with Gasteiger partial charge in [0, 0.05) is 77.0 Å². The van der Waals surface area contributed by atoms with Gasteiger partial charge >= 0.3 is 30.2 Å². The predicted octanol–water partition coefficient (Wildman–Crippen LogP) is 12.0. The molecule has 6 aromatic rings. The molecule has 8 N–H and O–H groups in total. The van der Waals surface area contributed by atoms with Gasteiger partial charge in [-0.2, -0.15) is 4.91 Å². The number of carbonyl (C=O) groups excluding carboxylic acids is 9. The van der Waals surface area contributed by atoms with E-state index in [1.54, 1.807) is 80.5 Å². The molecule has 116 heavy (non-hydrogen) atoms. The number of nitrogen functional groups attached to an aromatic ring is 1. The lowest BCUT2D eigenvalue weighted by molar-refractivity contribution is -0.149. The van der Waals surface area contributed by atoms with Crippen molar-refractivity contribution in [3.05, 3.63) is 89.5 Å². The Bertz CT molecular complexity index is 4560. The number of halogens is 2. The van der Waals surface area contributed by atoms with Crippen LogP contribution < -0.4 is 56.6 Å². The highest BCUT2D eigenvalue weighted by atomic mass is 35.5. The first kappa shape index (κ1) is 89.7. The third kappa shape index (κ3) is 21.9. The van der Waals surface area contributed by atoms with E-state index in [0.717, 1.165) is 51.4 Å². The number of thiazole rings is 2. The van der Waals surface area contributed by atoms with E-state index < -0.39 is 106 Å². The highest BCUT2D eigenvalue weighted by Crippen LogP contribution is 2.48. The van der Waals surface area contributed by atoms with Gasteiger partial charge in [-0.3, -0.25) is 24.5 Å². The fraction of sp³-hybridized carbons (Fsp3) is 0.537. The number of anilines is 2. The highest BCUT2D eigenvalue weighted by Gasteiger charge is 2.63. The second-order valence-corrected chi connectivity index (χ2v) is 33.4. The topological polar surface area (TPSA) is 413 Å². The minimum Gasteiger partial charge on any atom is -0.497 e. The summed E-state index contributed by atoms with van der Waals surface area (Å²) in [5.74, 6) is -1.93. The van der Waals surface area contributed by atoms with Crippen LogP contribution in [-0.2, 0) is 47.7 Å². The second-order valence-electron chi connectivity index (χ2n) is 30.9. The fourth-order valence-electron chi connectivity index (χ4n) is 14.6. The monoisotopic (exact) mass is 1680 g/mol. The number of nitroso groups, excluding NO2 is 1. The number of aromatic nitrogens is 4. The van der Waals surface area contributed by atoms with Gasteiger partial charge in [0.1, 0.15) is 94.0 Å². The molecule has 2 aliphatic heterocycles. The number of alkyl carbamates (subject to hydrolysis) is 2. The van der Waals surface area contributed by atoms with Crippen LogP contribution in [0.5, 0.6) is 23.0 Å². The molecule has 4 saturated carbocycles. The maximum absolute atomic E-state index is 14.7. The van der Waals surface area contributed by atoms with E-state index in [1.165, 1.54) is 46.7 Å². The zero-order valence-electron chi connectivity index (χ0n) is 67.3. The molecule has 2 saturated heterocycles. The summed E-state index contributed by atoms with van der Waals surface area (Å²) in [6.07, 6.45) is 7.75. The lowest BCUT2D eigenvalue weighted by Gasteiger charge is -2.35. The van der Waals surface area contributed by atoms with Gasteiger partial charge in [0.25, 0.3) is 0 Å². The molecule has 6 heterocycles. The second kappa shape index (κ2) is 39.6. The first-order valence-electron chi connectivity index (χ1n) is 38.3. The number of nitrogens with zero attached hydrogens (tertiary/aromatic N) is 7. The Kier molecular flexibility index (Phi) is 30.7. The van der Waals surface area contributed by atoms with E-state index in [2.05, 4.69) is 60.2 Å². The zero-order valence-corrected chi connectivity index (χ0v) is 70.4. The van der Waals surface area contributed by atoms with Crippen LogP contribution in [-0.4, -0.2) is 203 Å². The van der Waals surface area contributed by atoms with Crippen molar-refractivity contribution in [2.75, 3.05) is 71.0 Å². The number of hydrogen-bond acceptors (Lipinski definition) is 26. The third-order valence-electron chi connectivity index (χ3n) is 20.8. The Morgan fingerprint density at radius 3 is 1.36 bits per heavy atom. The standard InChI is InChI=1S/C40H51N7O9S.C37H46N6O8S.C2H5NO.CH2Cl2/c1-8-22-19-40(22,35(50)54-7)46-33(48)30-17-25(20-47(30)34(49)32(39(3,4)5)44-38(52)56-23-12-10-11-13-23)55-31-18-28(42-27-16-24(53-6)14-15-26(27)31)29-21-57-37(43-29)45-36(51)41-9-2;1-7-20-17-37(20,33(46)49-6)42-31(44)28-15-23(18-43(28)32(45)30(36(2,3)4)41-35(47)51-21-10-8-9-11-21)50-29-16-26(27-19-52-34(38)40-27)39-25-14-22(48-5)12-13-24(25)29;1-2-3-4;2-1-3/h8,14-16,18,21-23,25,30,32H,1,9-13,17,19-20H2,2-7H3,(H,44,52)(H,46,48)(H2,41,43,45,51);7,12-14,16,19-21,23,28,30H,1,8-11,15,17-18H2,2-6H3,(H2,38,40)(H,41,47)(H,42,44);2H2,1H3;1H2/t22-,25-,30+,32-,40-;20-,23-,28+,30-,37-;;/m11../s1. The Morgan fingerprint density at radius 2 is 1.02 bits per heavy atom. The van der Waals surface area contributed by atoms with Gasteiger partial charge in [-0.1, -0.05) is 58.9 Å². The van der Waals surface area contributed by atoms with Crippen molar-refractivity contribution >= 4 is 132 Å². The third-order valence-corrected chi connectivity index (χ3v) is 22.2. The molecule has 0 bridgehead atoms. The molecule has 4 aromatic heterocycles. The van der Waals surface area contributed by atoms with Crippen molar-refractivity contribution in [2.24, 2.45) is 27.8 Å². The number of nitrogens with two attached hydrogens (primary N) is 1. The molecule has 0 unspecified atom stereocenters. The normalized spacial score (nSPS) is 21.8. The Labute approximate surface area is 691 Å². The van der Waals surface area contributed by atoms with E-state index >= 15 is 0 Å². The van der Waals surface area contributed by atoms with E-state index in [9.17, 15) is 43.2 Å². The van der Waals surface area contributed by atoms with Crippen molar-refractivity contribution in [3.63, 3.8) is 0 Å². The predicted molar refractivity (Wildman–Crippen MR) is 441 cm³/mol. The molecule has 8 amide bonds. The number of alkyl halides is 2. The fourth-order valence-corrected chi connectivity index (χ4v) is 15.8. The van der Waals surface area contributed by atoms with Gasteiger partial charge in [-0.25, -0.2) is 43.9 Å². The molecule has 2 aromatic carbocycles. The van der Waals surface area contributed by atoms with Crippen LogP contribution in [0, 0.1) is 27.6 Å². The largest absolute Gasteiger partial charge is 0.497 e. The van der Waals surface area contributed by atoms with E-state index in [4.69, 9.17) is 81.7 Å². The average molecular weight is 1680 g/mol. The summed E-state index contributed by atoms with van der Waals surface area (Å²) in [6, 6.07) is 9.61. The lowest BCUT2D eigenvalue weighted by Crippen LogP contribution is -2.59. The zero-order chi connectivity index (χ0) is 84.6. The van der Waals surface area contributed by atoms with Gasteiger partial charge < -0.3 is 80.0 Å². The lowest BCUT2D eigenvalue weighted by atomic mass is 9.85. The van der Waals surface area contributed by atoms with Gasteiger partial charge in [-0.05, 0) is 113 Å². The van der Waals surface area contributed by atoms with Crippen molar-refractivity contribution in [3.8, 4) is 45.8 Å². The Morgan fingerprint density at radius 1 is 0.612 bits per heavy atom. The number of ether oxygens (including phenoxy) is 8. The molecule has 32 nitrogen and oxygen atoms in total. The summed E-state index contributed by atoms with van der Waals surface area (Å²) in [5, 5.41) is 25.1. The number of urea groups is 1. The molecule has 628 valence electrons.